The quantitative estimate of drug-likeness (QED) is 0.182. The number of halogens is 3. The third-order valence-corrected chi connectivity index (χ3v) is 4.92. The minimum absolute atomic E-state index is 0. The number of nitrogens with one attached hydrogen (secondary N) is 3. The van der Waals surface area contributed by atoms with Crippen molar-refractivity contribution in [2.24, 2.45) is 4.99 Å². The number of rotatable bonds is 7. The van der Waals surface area contributed by atoms with Gasteiger partial charge in [0.25, 0.3) is 5.91 Å². The van der Waals surface area contributed by atoms with Crippen LogP contribution in [0, 0.1) is 11.6 Å². The average Bonchev–Trinajstić information content (AvgIpc) is 3.19. The van der Waals surface area contributed by atoms with Crippen LogP contribution in [-0.2, 0) is 0 Å². The van der Waals surface area contributed by atoms with Crippen LogP contribution in [0.1, 0.15) is 23.7 Å². The van der Waals surface area contributed by atoms with Gasteiger partial charge < -0.3 is 26.0 Å². The number of anilines is 1. The van der Waals surface area contributed by atoms with Crippen molar-refractivity contribution in [1.82, 2.24) is 16.0 Å². The van der Waals surface area contributed by atoms with E-state index < -0.39 is 11.6 Å². The lowest BCUT2D eigenvalue weighted by Crippen LogP contribution is -2.45. The molecule has 174 valence electrons. The van der Waals surface area contributed by atoms with E-state index in [0.717, 1.165) is 6.42 Å². The summed E-state index contributed by atoms with van der Waals surface area (Å²) in [5.41, 5.74) is 0.462. The zero-order chi connectivity index (χ0) is 22.2. The van der Waals surface area contributed by atoms with Gasteiger partial charge in [-0.2, -0.15) is 0 Å². The van der Waals surface area contributed by atoms with Gasteiger partial charge in [-0.05, 0) is 49.7 Å². The van der Waals surface area contributed by atoms with Gasteiger partial charge in [-0.1, -0.05) is 6.07 Å². The Labute approximate surface area is 203 Å². The Morgan fingerprint density at radius 3 is 2.50 bits per heavy atom. The molecule has 0 bridgehead atoms. The minimum Gasteiger partial charge on any atom is -0.508 e. The number of benzene rings is 2. The average molecular weight is 559 g/mol. The van der Waals surface area contributed by atoms with Crippen molar-refractivity contribution in [2.45, 2.75) is 19.4 Å². The fraction of sp³-hybridized carbons (Fsp3) is 0.364. The Morgan fingerprint density at radius 1 is 1.16 bits per heavy atom. The first-order valence-electron chi connectivity index (χ1n) is 10.3. The van der Waals surface area contributed by atoms with Crippen LogP contribution in [0.3, 0.4) is 0 Å². The van der Waals surface area contributed by atoms with Gasteiger partial charge >= 0.3 is 0 Å². The first-order valence-corrected chi connectivity index (χ1v) is 10.3. The Balaban J connectivity index is 0.00000363. The zero-order valence-electron chi connectivity index (χ0n) is 17.8. The van der Waals surface area contributed by atoms with E-state index in [2.05, 4.69) is 20.9 Å². The molecule has 0 saturated carbocycles. The van der Waals surface area contributed by atoms with Crippen LogP contribution in [0.15, 0.2) is 47.5 Å². The van der Waals surface area contributed by atoms with Crippen LogP contribution < -0.4 is 20.9 Å². The van der Waals surface area contributed by atoms with Crippen LogP contribution >= 0.6 is 24.0 Å². The second-order valence-corrected chi connectivity index (χ2v) is 7.21. The van der Waals surface area contributed by atoms with Crippen molar-refractivity contribution in [3.8, 4) is 5.75 Å². The summed E-state index contributed by atoms with van der Waals surface area (Å²) in [6, 6.07) is 9.87. The van der Waals surface area contributed by atoms with Crippen LogP contribution in [0.5, 0.6) is 5.75 Å². The van der Waals surface area contributed by atoms with E-state index in [4.69, 9.17) is 0 Å². The van der Waals surface area contributed by atoms with Crippen LogP contribution in [0.2, 0.25) is 0 Å². The molecule has 0 aliphatic carbocycles. The molecule has 1 aliphatic rings. The number of amides is 1. The molecule has 7 nitrogen and oxygen atoms in total. The Hall–Kier alpha value is -2.63. The number of hydrogen-bond acceptors (Lipinski definition) is 4. The fourth-order valence-corrected chi connectivity index (χ4v) is 3.44. The molecular formula is C22H28F2IN5O2. The molecule has 2 aromatic rings. The Bertz CT molecular complexity index is 907. The molecule has 10 heteroatoms. The number of hydrogen-bond donors (Lipinski definition) is 4. The molecule has 0 aromatic heterocycles. The molecule has 4 N–H and O–H groups in total. The lowest BCUT2D eigenvalue weighted by Gasteiger charge is -2.21. The highest BCUT2D eigenvalue weighted by atomic mass is 127. The summed E-state index contributed by atoms with van der Waals surface area (Å²) in [5, 5.41) is 18.5. The minimum atomic E-state index is -0.564. The second kappa shape index (κ2) is 12.4. The smallest absolute Gasteiger partial charge is 0.251 e. The molecule has 3 rings (SSSR count). The lowest BCUT2D eigenvalue weighted by atomic mass is 10.2. The van der Waals surface area contributed by atoms with Crippen molar-refractivity contribution in [3.05, 3.63) is 59.7 Å². The number of carbonyl (C=O) groups excluding carboxylic acids is 1. The van der Waals surface area contributed by atoms with Crippen molar-refractivity contribution in [1.29, 1.82) is 0 Å². The highest BCUT2D eigenvalue weighted by Gasteiger charge is 2.27. The number of aliphatic imine (C=N–C) groups is 1. The summed E-state index contributed by atoms with van der Waals surface area (Å²) in [6.07, 6.45) is 0.718. The zero-order valence-corrected chi connectivity index (χ0v) is 20.1. The van der Waals surface area contributed by atoms with Crippen molar-refractivity contribution >= 4 is 41.5 Å². The molecule has 1 heterocycles. The molecule has 1 aliphatic heterocycles. The molecular weight excluding hydrogens is 531 g/mol. The monoisotopic (exact) mass is 559 g/mol. The predicted molar refractivity (Wildman–Crippen MR) is 132 cm³/mol. The topological polar surface area (TPSA) is 89.0 Å². The molecule has 0 radical (unpaired) electrons. The largest absolute Gasteiger partial charge is 0.508 e. The molecule has 1 amide bonds. The number of nitrogens with zero attached hydrogens (tertiary/aromatic N) is 2. The number of aromatic hydroxyl groups is 1. The van der Waals surface area contributed by atoms with E-state index in [1.807, 2.05) is 6.92 Å². The highest BCUT2D eigenvalue weighted by Crippen LogP contribution is 2.26. The summed E-state index contributed by atoms with van der Waals surface area (Å²) >= 11 is 0. The molecule has 1 fully saturated rings. The maximum Gasteiger partial charge on any atom is 0.251 e. The van der Waals surface area contributed by atoms with Gasteiger partial charge in [0.2, 0.25) is 0 Å². The Morgan fingerprint density at radius 2 is 1.84 bits per heavy atom. The van der Waals surface area contributed by atoms with Gasteiger partial charge in [0.1, 0.15) is 23.1 Å². The fourth-order valence-electron chi connectivity index (χ4n) is 3.44. The molecule has 2 aromatic carbocycles. The van der Waals surface area contributed by atoms with Gasteiger partial charge in [0.05, 0.1) is 6.54 Å². The number of carbonyl (C=O) groups is 1. The first-order chi connectivity index (χ1) is 15.0. The van der Waals surface area contributed by atoms with E-state index in [1.54, 1.807) is 17.0 Å². The summed E-state index contributed by atoms with van der Waals surface area (Å²) in [7, 11) is 0. The number of phenolic OH excluding ortho intramolecular Hbond substituents is 1. The second-order valence-electron chi connectivity index (χ2n) is 7.21. The SMILES string of the molecule is CCNC(=NCCNC(=O)c1ccc(O)cc1)NC1CCN(c2c(F)cccc2F)C1.I. The standard InChI is InChI=1S/C22H27F2N5O2.HI/c1-2-25-22(27-12-11-26-21(31)15-6-8-17(30)9-7-15)28-16-10-13-29(14-16)20-18(23)4-3-5-19(20)24;/h3-9,16,30H,2,10-14H2,1H3,(H,26,31)(H2,25,27,28);1H. The third kappa shape index (κ3) is 6.94. The number of phenols is 1. The van der Waals surface area contributed by atoms with Crippen LogP contribution in [0.4, 0.5) is 14.5 Å². The van der Waals surface area contributed by atoms with Crippen LogP contribution in [-0.4, -0.2) is 55.7 Å². The maximum absolute atomic E-state index is 14.0. The summed E-state index contributed by atoms with van der Waals surface area (Å²) < 4.78 is 28.1. The summed E-state index contributed by atoms with van der Waals surface area (Å²) in [6.45, 7) is 4.30. The first kappa shape index (κ1) is 25.6. The van der Waals surface area contributed by atoms with Gasteiger partial charge in [0, 0.05) is 37.8 Å². The number of para-hydroxylation sites is 1. The van der Waals surface area contributed by atoms with Gasteiger partial charge in [-0.3, -0.25) is 9.79 Å². The summed E-state index contributed by atoms with van der Waals surface area (Å²) in [4.78, 5) is 18.3. The molecule has 32 heavy (non-hydrogen) atoms. The Kier molecular flexibility index (Phi) is 9.95. The maximum atomic E-state index is 14.0. The van der Waals surface area contributed by atoms with E-state index in [0.29, 0.717) is 44.2 Å². The van der Waals surface area contributed by atoms with E-state index in [1.165, 1.54) is 30.3 Å². The normalized spacial score (nSPS) is 15.8. The van der Waals surface area contributed by atoms with Gasteiger partial charge in [0.15, 0.2) is 5.96 Å². The lowest BCUT2D eigenvalue weighted by molar-refractivity contribution is 0.0955. The number of guanidine groups is 1. The van der Waals surface area contributed by atoms with Gasteiger partial charge in [-0.25, -0.2) is 8.78 Å². The van der Waals surface area contributed by atoms with Crippen molar-refractivity contribution < 1.29 is 18.7 Å². The third-order valence-electron chi connectivity index (χ3n) is 4.92. The van der Waals surface area contributed by atoms with E-state index >= 15 is 0 Å². The van der Waals surface area contributed by atoms with Crippen molar-refractivity contribution in [3.63, 3.8) is 0 Å². The predicted octanol–water partition coefficient (Wildman–Crippen LogP) is 2.85. The van der Waals surface area contributed by atoms with E-state index in [9.17, 15) is 18.7 Å². The van der Waals surface area contributed by atoms with Gasteiger partial charge in [-0.15, -0.1) is 24.0 Å². The van der Waals surface area contributed by atoms with Crippen molar-refractivity contribution in [2.75, 3.05) is 37.6 Å². The molecule has 1 unspecified atom stereocenters. The highest BCUT2D eigenvalue weighted by molar-refractivity contribution is 14.0. The molecule has 1 atom stereocenters. The van der Waals surface area contributed by atoms with Crippen LogP contribution in [0.25, 0.3) is 0 Å². The summed E-state index contributed by atoms with van der Waals surface area (Å²) in [5.74, 6) is -0.685. The van der Waals surface area contributed by atoms with E-state index in [-0.39, 0.29) is 47.4 Å². The molecule has 1 saturated heterocycles. The molecule has 0 spiro atoms.